The van der Waals surface area contributed by atoms with Gasteiger partial charge in [0, 0.05) is 13.0 Å². The lowest BCUT2D eigenvalue weighted by molar-refractivity contribution is 0.0812. The molecule has 0 bridgehead atoms. The molecule has 1 saturated heterocycles. The first kappa shape index (κ1) is 12.0. The molecule has 2 heterocycles. The summed E-state index contributed by atoms with van der Waals surface area (Å²) in [6, 6.07) is 6.04. The molecule has 0 aromatic heterocycles. The second kappa shape index (κ2) is 5.29. The number of benzene rings is 1. The Morgan fingerprint density at radius 2 is 2.28 bits per heavy atom. The second-order valence-corrected chi connectivity index (χ2v) is 5.19. The minimum Gasteiger partial charge on any atom is -0.493 e. The molecule has 1 aromatic carbocycles. The molecule has 3 heteroatoms. The lowest BCUT2D eigenvalue weighted by atomic mass is 9.99. The summed E-state index contributed by atoms with van der Waals surface area (Å²) in [7, 11) is 0. The van der Waals surface area contributed by atoms with Crippen LogP contribution in [0.15, 0.2) is 18.2 Å². The molecule has 0 saturated carbocycles. The number of aliphatic hydroxyl groups excluding tert-OH is 1. The van der Waals surface area contributed by atoms with Crippen molar-refractivity contribution < 1.29 is 14.6 Å². The largest absolute Gasteiger partial charge is 0.493 e. The molecular weight excluding hydrogens is 228 g/mol. The summed E-state index contributed by atoms with van der Waals surface area (Å²) in [5.41, 5.74) is 2.24. The molecule has 18 heavy (non-hydrogen) atoms. The lowest BCUT2D eigenvalue weighted by Crippen LogP contribution is -2.08. The van der Waals surface area contributed by atoms with Crippen LogP contribution in [0, 0.1) is 0 Å². The Balaban J connectivity index is 1.59. The maximum atomic E-state index is 10.2. The van der Waals surface area contributed by atoms with Gasteiger partial charge < -0.3 is 14.6 Å². The van der Waals surface area contributed by atoms with Crippen molar-refractivity contribution >= 4 is 0 Å². The summed E-state index contributed by atoms with van der Waals surface area (Å²) < 4.78 is 11.1. The van der Waals surface area contributed by atoms with E-state index in [-0.39, 0.29) is 6.10 Å². The summed E-state index contributed by atoms with van der Waals surface area (Å²) in [6.07, 6.45) is 4.99. The molecule has 0 amide bonds. The Kier molecular flexibility index (Phi) is 3.52. The summed E-state index contributed by atoms with van der Waals surface area (Å²) in [4.78, 5) is 0. The van der Waals surface area contributed by atoms with Crippen molar-refractivity contribution in [1.29, 1.82) is 0 Å². The van der Waals surface area contributed by atoms with Gasteiger partial charge in [0.25, 0.3) is 0 Å². The van der Waals surface area contributed by atoms with Gasteiger partial charge in [0.1, 0.15) is 5.75 Å². The highest BCUT2D eigenvalue weighted by molar-refractivity contribution is 5.40. The van der Waals surface area contributed by atoms with Crippen LogP contribution in [-0.2, 0) is 11.2 Å². The van der Waals surface area contributed by atoms with E-state index in [2.05, 4.69) is 6.07 Å². The van der Waals surface area contributed by atoms with Crippen molar-refractivity contribution in [3.8, 4) is 5.75 Å². The molecule has 2 atom stereocenters. The topological polar surface area (TPSA) is 38.7 Å². The van der Waals surface area contributed by atoms with E-state index >= 15 is 0 Å². The quantitative estimate of drug-likeness (QED) is 0.890. The third-order valence-electron chi connectivity index (χ3n) is 3.88. The molecular formula is C15H20O3. The number of fused-ring (bicyclic) bond motifs is 1. The normalized spacial score (nSPS) is 23.7. The average Bonchev–Trinajstić information content (AvgIpc) is 3.05. The van der Waals surface area contributed by atoms with Crippen molar-refractivity contribution in [3.63, 3.8) is 0 Å². The Hall–Kier alpha value is -1.06. The Bertz CT molecular complexity index is 410. The highest BCUT2D eigenvalue weighted by Gasteiger charge is 2.19. The van der Waals surface area contributed by atoms with Gasteiger partial charge in [-0.1, -0.05) is 6.07 Å². The standard InChI is InChI=1S/C15H20O3/c16-14(5-4-13-2-1-8-17-13)11-3-6-15-12(10-11)7-9-18-15/h3,6,10,13-14,16H,1-2,4-5,7-9H2. The van der Waals surface area contributed by atoms with E-state index < -0.39 is 0 Å². The van der Waals surface area contributed by atoms with Crippen molar-refractivity contribution in [2.24, 2.45) is 0 Å². The average molecular weight is 248 g/mol. The van der Waals surface area contributed by atoms with Crippen molar-refractivity contribution in [3.05, 3.63) is 29.3 Å². The van der Waals surface area contributed by atoms with E-state index in [1.807, 2.05) is 12.1 Å². The van der Waals surface area contributed by atoms with Gasteiger partial charge in [-0.05, 0) is 48.9 Å². The minimum absolute atomic E-state index is 0.359. The van der Waals surface area contributed by atoms with E-state index in [1.54, 1.807) is 0 Å². The Morgan fingerprint density at radius 1 is 1.33 bits per heavy atom. The van der Waals surface area contributed by atoms with E-state index in [1.165, 1.54) is 5.56 Å². The van der Waals surface area contributed by atoms with Gasteiger partial charge in [0.15, 0.2) is 0 Å². The first-order chi connectivity index (χ1) is 8.83. The maximum Gasteiger partial charge on any atom is 0.122 e. The van der Waals surface area contributed by atoms with Crippen LogP contribution in [0.4, 0.5) is 0 Å². The van der Waals surface area contributed by atoms with E-state index in [4.69, 9.17) is 9.47 Å². The highest BCUT2D eigenvalue weighted by atomic mass is 16.5. The van der Waals surface area contributed by atoms with Gasteiger partial charge in [-0.3, -0.25) is 0 Å². The van der Waals surface area contributed by atoms with Crippen LogP contribution >= 0.6 is 0 Å². The SMILES string of the molecule is OC(CCC1CCCO1)c1ccc2c(c1)CCO2. The van der Waals surface area contributed by atoms with Gasteiger partial charge in [-0.15, -0.1) is 0 Å². The number of hydrogen-bond acceptors (Lipinski definition) is 3. The molecule has 2 unspecified atom stereocenters. The molecule has 98 valence electrons. The van der Waals surface area contributed by atoms with Crippen LogP contribution in [0.3, 0.4) is 0 Å². The fourth-order valence-electron chi connectivity index (χ4n) is 2.80. The number of rotatable bonds is 4. The first-order valence-electron chi connectivity index (χ1n) is 6.88. The van der Waals surface area contributed by atoms with Crippen LogP contribution in [0.1, 0.15) is 42.9 Å². The fraction of sp³-hybridized carbons (Fsp3) is 0.600. The zero-order valence-electron chi connectivity index (χ0n) is 10.6. The van der Waals surface area contributed by atoms with E-state index in [0.717, 1.165) is 56.6 Å². The predicted octanol–water partition coefficient (Wildman–Crippen LogP) is 2.61. The molecule has 1 aromatic rings. The molecule has 1 N–H and O–H groups in total. The van der Waals surface area contributed by atoms with Gasteiger partial charge in [0.05, 0.1) is 18.8 Å². The molecule has 0 aliphatic carbocycles. The molecule has 0 radical (unpaired) electrons. The molecule has 3 rings (SSSR count). The van der Waals surface area contributed by atoms with Crippen molar-refractivity contribution in [2.75, 3.05) is 13.2 Å². The second-order valence-electron chi connectivity index (χ2n) is 5.19. The number of ether oxygens (including phenoxy) is 2. The summed E-state index contributed by atoms with van der Waals surface area (Å²) >= 11 is 0. The molecule has 0 spiro atoms. The van der Waals surface area contributed by atoms with Gasteiger partial charge in [-0.2, -0.15) is 0 Å². The highest BCUT2D eigenvalue weighted by Crippen LogP contribution is 2.30. The van der Waals surface area contributed by atoms with Crippen LogP contribution in [0.5, 0.6) is 5.75 Å². The molecule has 2 aliphatic heterocycles. The summed E-state index contributed by atoms with van der Waals surface area (Å²) in [6.45, 7) is 1.65. The van der Waals surface area contributed by atoms with Crippen LogP contribution in [-0.4, -0.2) is 24.4 Å². The summed E-state index contributed by atoms with van der Waals surface area (Å²) in [5, 5.41) is 10.2. The smallest absolute Gasteiger partial charge is 0.122 e. The first-order valence-corrected chi connectivity index (χ1v) is 6.88. The number of aliphatic hydroxyl groups is 1. The predicted molar refractivity (Wildman–Crippen MR) is 68.8 cm³/mol. The minimum atomic E-state index is -0.375. The van der Waals surface area contributed by atoms with Crippen LogP contribution in [0.2, 0.25) is 0 Å². The van der Waals surface area contributed by atoms with E-state index in [0.29, 0.717) is 6.10 Å². The summed E-state index contributed by atoms with van der Waals surface area (Å²) in [5.74, 6) is 0.977. The Morgan fingerprint density at radius 3 is 3.11 bits per heavy atom. The van der Waals surface area contributed by atoms with Gasteiger partial charge in [-0.25, -0.2) is 0 Å². The maximum absolute atomic E-state index is 10.2. The molecule has 1 fully saturated rings. The monoisotopic (exact) mass is 248 g/mol. The van der Waals surface area contributed by atoms with Gasteiger partial charge >= 0.3 is 0 Å². The zero-order chi connectivity index (χ0) is 12.4. The van der Waals surface area contributed by atoms with E-state index in [9.17, 15) is 5.11 Å². The van der Waals surface area contributed by atoms with Crippen molar-refractivity contribution in [1.82, 2.24) is 0 Å². The third kappa shape index (κ3) is 2.52. The van der Waals surface area contributed by atoms with Gasteiger partial charge in [0.2, 0.25) is 0 Å². The van der Waals surface area contributed by atoms with Crippen LogP contribution < -0.4 is 4.74 Å². The van der Waals surface area contributed by atoms with Crippen LogP contribution in [0.25, 0.3) is 0 Å². The molecule has 2 aliphatic rings. The van der Waals surface area contributed by atoms with Crippen molar-refractivity contribution in [2.45, 2.75) is 44.3 Å². The fourth-order valence-corrected chi connectivity index (χ4v) is 2.80. The zero-order valence-corrected chi connectivity index (χ0v) is 10.6. The third-order valence-corrected chi connectivity index (χ3v) is 3.88. The number of hydrogen-bond donors (Lipinski definition) is 1. The lowest BCUT2D eigenvalue weighted by Gasteiger charge is -2.14. The Labute approximate surface area is 108 Å². The molecule has 3 nitrogen and oxygen atoms in total.